The largest absolute Gasteiger partial charge is 0.435 e. The summed E-state index contributed by atoms with van der Waals surface area (Å²) in [6, 6.07) is 5.68. The third-order valence-corrected chi connectivity index (χ3v) is 4.93. The van der Waals surface area contributed by atoms with Crippen molar-refractivity contribution in [1.29, 1.82) is 0 Å². The first kappa shape index (κ1) is 17.1. The number of alkyl halides is 3. The van der Waals surface area contributed by atoms with Gasteiger partial charge in [-0.1, -0.05) is 23.2 Å². The molecule has 0 radical (unpaired) electrons. The van der Waals surface area contributed by atoms with E-state index in [1.807, 2.05) is 0 Å². The number of rotatable bonds is 2. The topological polar surface area (TPSA) is 46.9 Å². The lowest BCUT2D eigenvalue weighted by Crippen LogP contribution is -2.11. The number of aromatic nitrogens is 2. The molecule has 0 unspecified atom stereocenters. The van der Waals surface area contributed by atoms with Crippen LogP contribution in [0.25, 0.3) is 10.2 Å². The number of carbonyl (C=O) groups excluding carboxylic acids is 1. The molecule has 126 valence electrons. The Morgan fingerprint density at radius 2 is 2.00 bits per heavy atom. The molecule has 24 heavy (non-hydrogen) atoms. The van der Waals surface area contributed by atoms with Crippen LogP contribution >= 0.6 is 34.5 Å². The lowest BCUT2D eigenvalue weighted by molar-refractivity contribution is -0.140. The molecule has 1 aromatic carbocycles. The van der Waals surface area contributed by atoms with E-state index in [1.54, 1.807) is 6.07 Å². The van der Waals surface area contributed by atoms with Crippen molar-refractivity contribution in [2.45, 2.75) is 6.18 Å². The molecular formula is C14H8Cl2F3N3OS. The summed E-state index contributed by atoms with van der Waals surface area (Å²) in [7, 11) is 1.39. The first-order valence-electron chi connectivity index (χ1n) is 6.47. The minimum Gasteiger partial charge on any atom is -0.320 e. The number of nitrogens with zero attached hydrogens (tertiary/aromatic N) is 2. The van der Waals surface area contributed by atoms with Gasteiger partial charge in [0.2, 0.25) is 0 Å². The Bertz CT molecular complexity index is 949. The highest BCUT2D eigenvalue weighted by Crippen LogP contribution is 2.37. The molecule has 0 bridgehead atoms. The fraction of sp³-hybridized carbons (Fsp3) is 0.143. The van der Waals surface area contributed by atoms with Crippen molar-refractivity contribution in [1.82, 2.24) is 9.78 Å². The van der Waals surface area contributed by atoms with Gasteiger partial charge in [-0.05, 0) is 24.3 Å². The summed E-state index contributed by atoms with van der Waals surface area (Å²) in [5.41, 5.74) is -0.697. The molecule has 2 aromatic heterocycles. The van der Waals surface area contributed by atoms with Crippen LogP contribution in [0.4, 0.5) is 18.9 Å². The van der Waals surface area contributed by atoms with Crippen LogP contribution in [0.3, 0.4) is 0 Å². The summed E-state index contributed by atoms with van der Waals surface area (Å²) in [6.45, 7) is 0. The molecule has 4 nitrogen and oxygen atoms in total. The quantitative estimate of drug-likeness (QED) is 0.649. The zero-order valence-electron chi connectivity index (χ0n) is 11.9. The van der Waals surface area contributed by atoms with E-state index in [9.17, 15) is 18.0 Å². The van der Waals surface area contributed by atoms with Gasteiger partial charge in [0.15, 0.2) is 5.69 Å². The van der Waals surface area contributed by atoms with E-state index in [4.69, 9.17) is 23.2 Å². The van der Waals surface area contributed by atoms with Crippen LogP contribution in [0.5, 0.6) is 0 Å². The Morgan fingerprint density at radius 1 is 1.29 bits per heavy atom. The van der Waals surface area contributed by atoms with Crippen molar-refractivity contribution in [3.05, 3.63) is 44.9 Å². The minimum atomic E-state index is -4.59. The molecule has 0 fully saturated rings. The van der Waals surface area contributed by atoms with E-state index in [2.05, 4.69) is 10.4 Å². The molecule has 0 saturated heterocycles. The predicted molar refractivity (Wildman–Crippen MR) is 88.0 cm³/mol. The smallest absolute Gasteiger partial charge is 0.320 e. The van der Waals surface area contributed by atoms with Gasteiger partial charge in [-0.2, -0.15) is 18.3 Å². The SMILES string of the molecule is Cn1nc(C(F)(F)F)c2cc(C(=O)Nc3ccc(Cl)cc3Cl)sc21. The van der Waals surface area contributed by atoms with Gasteiger partial charge < -0.3 is 5.32 Å². The van der Waals surface area contributed by atoms with E-state index in [0.717, 1.165) is 16.0 Å². The van der Waals surface area contributed by atoms with Crippen molar-refractivity contribution in [3.63, 3.8) is 0 Å². The molecule has 2 heterocycles. The number of amides is 1. The van der Waals surface area contributed by atoms with Crippen molar-refractivity contribution >= 4 is 56.3 Å². The molecule has 0 atom stereocenters. The normalized spacial score (nSPS) is 11.9. The molecule has 1 N–H and O–H groups in total. The first-order valence-corrected chi connectivity index (χ1v) is 8.04. The molecule has 0 aliphatic carbocycles. The molecular weight excluding hydrogens is 386 g/mol. The van der Waals surface area contributed by atoms with Crippen molar-refractivity contribution in [3.8, 4) is 0 Å². The van der Waals surface area contributed by atoms with Gasteiger partial charge in [-0.25, -0.2) is 0 Å². The van der Waals surface area contributed by atoms with Crippen LogP contribution in [-0.4, -0.2) is 15.7 Å². The van der Waals surface area contributed by atoms with Crippen LogP contribution in [0.2, 0.25) is 10.0 Å². The van der Waals surface area contributed by atoms with Gasteiger partial charge in [0.1, 0.15) is 4.83 Å². The number of nitrogens with one attached hydrogen (secondary N) is 1. The van der Waals surface area contributed by atoms with Crippen LogP contribution < -0.4 is 5.32 Å². The number of hydrogen-bond acceptors (Lipinski definition) is 3. The van der Waals surface area contributed by atoms with E-state index in [1.165, 1.54) is 25.2 Å². The fourth-order valence-electron chi connectivity index (χ4n) is 2.14. The number of benzene rings is 1. The van der Waals surface area contributed by atoms with E-state index in [0.29, 0.717) is 10.7 Å². The number of anilines is 1. The van der Waals surface area contributed by atoms with Crippen LogP contribution in [-0.2, 0) is 13.2 Å². The maximum Gasteiger partial charge on any atom is 0.435 e. The number of aryl methyl sites for hydroxylation is 1. The summed E-state index contributed by atoms with van der Waals surface area (Å²) < 4.78 is 40.0. The molecule has 0 aliphatic heterocycles. The van der Waals surface area contributed by atoms with E-state index in [-0.39, 0.29) is 20.1 Å². The molecule has 10 heteroatoms. The lowest BCUT2D eigenvalue weighted by Gasteiger charge is -2.06. The second kappa shape index (κ2) is 5.94. The Kier molecular flexibility index (Phi) is 4.23. The standard InChI is InChI=1S/C14H8Cl2F3N3OS/c1-22-13-7(11(21-22)14(17,18)19)5-10(24-13)12(23)20-9-3-2-6(15)4-8(9)16/h2-5H,1H3,(H,20,23). The van der Waals surface area contributed by atoms with Gasteiger partial charge in [0.25, 0.3) is 5.91 Å². The average Bonchev–Trinajstić information content (AvgIpc) is 3.02. The average molecular weight is 394 g/mol. The highest BCUT2D eigenvalue weighted by atomic mass is 35.5. The van der Waals surface area contributed by atoms with Crippen molar-refractivity contribution in [2.75, 3.05) is 5.32 Å². The van der Waals surface area contributed by atoms with Gasteiger partial charge >= 0.3 is 6.18 Å². The molecule has 1 amide bonds. The summed E-state index contributed by atoms with van der Waals surface area (Å²) in [6.07, 6.45) is -4.59. The van der Waals surface area contributed by atoms with E-state index < -0.39 is 17.8 Å². The van der Waals surface area contributed by atoms with E-state index >= 15 is 0 Å². The molecule has 0 aliphatic rings. The van der Waals surface area contributed by atoms with Crippen LogP contribution in [0.1, 0.15) is 15.4 Å². The number of halogens is 5. The fourth-order valence-corrected chi connectivity index (χ4v) is 3.56. The monoisotopic (exact) mass is 393 g/mol. The zero-order chi connectivity index (χ0) is 17.6. The number of thiophene rings is 1. The molecule has 0 saturated carbocycles. The summed E-state index contributed by atoms with van der Waals surface area (Å²) in [4.78, 5) is 12.7. The Morgan fingerprint density at radius 3 is 2.62 bits per heavy atom. The number of hydrogen-bond donors (Lipinski definition) is 1. The van der Waals surface area contributed by atoms with Crippen LogP contribution in [0, 0.1) is 0 Å². The Balaban J connectivity index is 1.96. The van der Waals surface area contributed by atoms with Gasteiger partial charge in [0.05, 0.1) is 15.6 Å². The van der Waals surface area contributed by atoms with Crippen LogP contribution in [0.15, 0.2) is 24.3 Å². The molecule has 3 rings (SSSR count). The third kappa shape index (κ3) is 3.09. The van der Waals surface area contributed by atoms with Gasteiger partial charge in [-0.3, -0.25) is 9.48 Å². The summed E-state index contributed by atoms with van der Waals surface area (Å²) >= 11 is 12.7. The minimum absolute atomic E-state index is 0.109. The highest BCUT2D eigenvalue weighted by Gasteiger charge is 2.37. The van der Waals surface area contributed by atoms with Gasteiger partial charge in [-0.15, -0.1) is 11.3 Å². The van der Waals surface area contributed by atoms with Crippen molar-refractivity contribution in [2.24, 2.45) is 7.05 Å². The maximum absolute atomic E-state index is 13.0. The molecule has 0 spiro atoms. The third-order valence-electron chi connectivity index (χ3n) is 3.18. The highest BCUT2D eigenvalue weighted by molar-refractivity contribution is 7.20. The Hall–Kier alpha value is -1.77. The summed E-state index contributed by atoms with van der Waals surface area (Å²) in [5, 5.41) is 6.54. The second-order valence-electron chi connectivity index (χ2n) is 4.88. The second-order valence-corrected chi connectivity index (χ2v) is 6.75. The summed E-state index contributed by atoms with van der Waals surface area (Å²) in [5.74, 6) is -0.562. The lowest BCUT2D eigenvalue weighted by atomic mass is 10.2. The first-order chi connectivity index (χ1) is 11.2. The molecule has 3 aromatic rings. The number of fused-ring (bicyclic) bond motifs is 1. The maximum atomic E-state index is 13.0. The zero-order valence-corrected chi connectivity index (χ0v) is 14.2. The predicted octanol–water partition coefficient (Wildman–Crippen LogP) is 5.21. The Labute approximate surface area is 147 Å². The van der Waals surface area contributed by atoms with Crippen molar-refractivity contribution < 1.29 is 18.0 Å². The number of carbonyl (C=O) groups is 1. The van der Waals surface area contributed by atoms with Gasteiger partial charge in [0, 0.05) is 17.5 Å².